The smallest absolute Gasteiger partial charge is 0.261 e. The van der Waals surface area contributed by atoms with Gasteiger partial charge in [0.2, 0.25) is 10.0 Å². The van der Waals surface area contributed by atoms with Crippen LogP contribution in [0.5, 0.6) is 0 Å². The third kappa shape index (κ3) is 2.47. The van der Waals surface area contributed by atoms with Crippen LogP contribution in [0.15, 0.2) is 47.4 Å². The third-order valence-electron chi connectivity index (χ3n) is 5.17. The van der Waals surface area contributed by atoms with Crippen LogP contribution in [0.3, 0.4) is 0 Å². The van der Waals surface area contributed by atoms with Gasteiger partial charge in [0.05, 0.1) is 16.0 Å². The molecule has 0 aromatic heterocycles. The van der Waals surface area contributed by atoms with Crippen LogP contribution in [-0.2, 0) is 22.9 Å². The first-order valence-corrected chi connectivity index (χ1v) is 9.93. The molecule has 1 unspecified atom stereocenters. The lowest BCUT2D eigenvalue weighted by Gasteiger charge is -2.32. The van der Waals surface area contributed by atoms with E-state index in [2.05, 4.69) is 4.72 Å². The fraction of sp³-hybridized carbons (Fsp3) is 0.263. The number of amides is 2. The second kappa shape index (κ2) is 6.03. The van der Waals surface area contributed by atoms with Crippen molar-refractivity contribution in [2.45, 2.75) is 30.2 Å². The Labute approximate surface area is 151 Å². The molecule has 2 aromatic rings. The van der Waals surface area contributed by atoms with Gasteiger partial charge in [0, 0.05) is 6.04 Å². The van der Waals surface area contributed by atoms with E-state index in [0.717, 1.165) is 5.56 Å². The van der Waals surface area contributed by atoms with Crippen molar-refractivity contribution in [2.75, 3.05) is 7.05 Å². The number of aryl methyl sites for hydroxylation is 1. The number of fused-ring (bicyclic) bond motifs is 2. The fourth-order valence-corrected chi connectivity index (χ4v) is 4.87. The predicted octanol–water partition coefficient (Wildman–Crippen LogP) is 1.75. The zero-order valence-electron chi connectivity index (χ0n) is 14.2. The molecule has 1 atom stereocenters. The number of sulfonamides is 1. The SMILES string of the molecule is CNS(=O)(=O)c1cccc2c1CC(N1C(=O)c3ccccc3C1=O)CC2. The molecule has 0 saturated heterocycles. The van der Waals surface area contributed by atoms with Crippen molar-refractivity contribution in [1.82, 2.24) is 9.62 Å². The first kappa shape index (κ1) is 16.9. The molecular weight excluding hydrogens is 352 g/mol. The molecule has 2 amide bonds. The molecule has 134 valence electrons. The molecule has 2 aromatic carbocycles. The third-order valence-corrected chi connectivity index (χ3v) is 6.66. The summed E-state index contributed by atoms with van der Waals surface area (Å²) in [6, 6.07) is 11.6. The van der Waals surface area contributed by atoms with Gasteiger partial charge in [0.15, 0.2) is 0 Å². The Hall–Kier alpha value is -2.51. The van der Waals surface area contributed by atoms with E-state index < -0.39 is 10.0 Å². The molecule has 1 N–H and O–H groups in total. The van der Waals surface area contributed by atoms with Gasteiger partial charge in [0.1, 0.15) is 0 Å². The number of carbonyl (C=O) groups excluding carboxylic acids is 2. The van der Waals surface area contributed by atoms with E-state index >= 15 is 0 Å². The van der Waals surface area contributed by atoms with E-state index in [-0.39, 0.29) is 22.8 Å². The Morgan fingerprint density at radius 2 is 1.65 bits per heavy atom. The van der Waals surface area contributed by atoms with Crippen LogP contribution < -0.4 is 4.72 Å². The van der Waals surface area contributed by atoms with E-state index in [1.807, 2.05) is 6.07 Å². The van der Waals surface area contributed by atoms with Crippen molar-refractivity contribution < 1.29 is 18.0 Å². The molecule has 0 spiro atoms. The molecule has 7 heteroatoms. The minimum Gasteiger partial charge on any atom is -0.271 e. The minimum absolute atomic E-state index is 0.221. The molecule has 6 nitrogen and oxygen atoms in total. The highest BCUT2D eigenvalue weighted by Crippen LogP contribution is 2.33. The summed E-state index contributed by atoms with van der Waals surface area (Å²) in [5.74, 6) is -0.596. The second-order valence-electron chi connectivity index (χ2n) is 6.52. The number of rotatable bonds is 3. The van der Waals surface area contributed by atoms with Gasteiger partial charge in [-0.3, -0.25) is 14.5 Å². The van der Waals surface area contributed by atoms with Gasteiger partial charge >= 0.3 is 0 Å². The van der Waals surface area contributed by atoms with Gasteiger partial charge in [0.25, 0.3) is 11.8 Å². The Kier molecular flexibility index (Phi) is 3.93. The van der Waals surface area contributed by atoms with Gasteiger partial charge in [-0.15, -0.1) is 0 Å². The maximum Gasteiger partial charge on any atom is 0.261 e. The summed E-state index contributed by atoms with van der Waals surface area (Å²) in [5.41, 5.74) is 2.47. The lowest BCUT2D eigenvalue weighted by molar-refractivity contribution is 0.0570. The largest absolute Gasteiger partial charge is 0.271 e. The van der Waals surface area contributed by atoms with Crippen molar-refractivity contribution in [2.24, 2.45) is 0 Å². The average molecular weight is 370 g/mol. The maximum absolute atomic E-state index is 12.7. The highest BCUT2D eigenvalue weighted by atomic mass is 32.2. The summed E-state index contributed by atoms with van der Waals surface area (Å²) >= 11 is 0. The molecule has 1 aliphatic heterocycles. The van der Waals surface area contributed by atoms with Crippen LogP contribution in [0.2, 0.25) is 0 Å². The minimum atomic E-state index is -3.61. The Bertz CT molecular complexity index is 995. The van der Waals surface area contributed by atoms with Gasteiger partial charge in [-0.2, -0.15) is 0 Å². The standard InChI is InChI=1S/C19H18N2O4S/c1-20-26(24,25)17-8-4-5-12-9-10-13(11-16(12)17)21-18(22)14-6-2-3-7-15(14)19(21)23/h2-8,13,20H,9-11H2,1H3. The van der Waals surface area contributed by atoms with Crippen LogP contribution >= 0.6 is 0 Å². The van der Waals surface area contributed by atoms with Crippen molar-refractivity contribution in [3.8, 4) is 0 Å². The number of nitrogens with one attached hydrogen (secondary N) is 1. The molecule has 0 bridgehead atoms. The quantitative estimate of drug-likeness (QED) is 0.835. The molecule has 1 heterocycles. The molecule has 26 heavy (non-hydrogen) atoms. The van der Waals surface area contributed by atoms with Crippen molar-refractivity contribution >= 4 is 21.8 Å². The van der Waals surface area contributed by atoms with Crippen molar-refractivity contribution in [3.05, 3.63) is 64.7 Å². The van der Waals surface area contributed by atoms with Crippen LogP contribution in [0, 0.1) is 0 Å². The highest BCUT2D eigenvalue weighted by Gasteiger charge is 2.41. The molecule has 4 rings (SSSR count). The summed E-state index contributed by atoms with van der Waals surface area (Å²) in [6.07, 6.45) is 1.60. The number of nitrogens with zero attached hydrogens (tertiary/aromatic N) is 1. The van der Waals surface area contributed by atoms with E-state index in [4.69, 9.17) is 0 Å². The van der Waals surface area contributed by atoms with Gasteiger partial charge < -0.3 is 0 Å². The number of hydrogen-bond donors (Lipinski definition) is 1. The summed E-state index contributed by atoms with van der Waals surface area (Å²) in [7, 11) is -2.23. The van der Waals surface area contributed by atoms with Gasteiger partial charge in [-0.25, -0.2) is 13.1 Å². The van der Waals surface area contributed by atoms with Crippen LogP contribution in [-0.4, -0.2) is 38.2 Å². The molecule has 0 saturated carbocycles. The number of carbonyl (C=O) groups is 2. The fourth-order valence-electron chi connectivity index (χ4n) is 3.86. The Balaban J connectivity index is 1.72. The Morgan fingerprint density at radius 1 is 1.00 bits per heavy atom. The van der Waals surface area contributed by atoms with Gasteiger partial charge in [-0.05, 0) is 55.6 Å². The van der Waals surface area contributed by atoms with Crippen LogP contribution in [0.4, 0.5) is 0 Å². The van der Waals surface area contributed by atoms with Crippen LogP contribution in [0.1, 0.15) is 38.3 Å². The topological polar surface area (TPSA) is 83.6 Å². The van der Waals surface area contributed by atoms with E-state index in [9.17, 15) is 18.0 Å². The average Bonchev–Trinajstić information content (AvgIpc) is 2.92. The normalized spacial score (nSPS) is 19.4. The number of benzene rings is 2. The molecule has 0 fully saturated rings. The number of imide groups is 1. The van der Waals surface area contributed by atoms with Crippen LogP contribution in [0.25, 0.3) is 0 Å². The zero-order valence-corrected chi connectivity index (χ0v) is 15.0. The summed E-state index contributed by atoms with van der Waals surface area (Å²) in [5, 5.41) is 0. The first-order valence-electron chi connectivity index (χ1n) is 8.45. The zero-order chi connectivity index (χ0) is 18.5. The van der Waals surface area contributed by atoms with Crippen molar-refractivity contribution in [3.63, 3.8) is 0 Å². The molecule has 1 aliphatic carbocycles. The molecule has 0 radical (unpaired) electrons. The molecule has 2 aliphatic rings. The first-order chi connectivity index (χ1) is 12.4. The summed E-state index contributed by atoms with van der Waals surface area (Å²) < 4.78 is 27.0. The monoisotopic (exact) mass is 370 g/mol. The summed E-state index contributed by atoms with van der Waals surface area (Å²) in [4.78, 5) is 27.0. The van der Waals surface area contributed by atoms with Gasteiger partial charge in [-0.1, -0.05) is 24.3 Å². The lowest BCUT2D eigenvalue weighted by Crippen LogP contribution is -2.43. The lowest BCUT2D eigenvalue weighted by atomic mass is 9.87. The maximum atomic E-state index is 12.7. The predicted molar refractivity (Wildman–Crippen MR) is 95.4 cm³/mol. The highest BCUT2D eigenvalue weighted by molar-refractivity contribution is 7.89. The number of hydrogen-bond acceptors (Lipinski definition) is 4. The molecular formula is C19H18N2O4S. The second-order valence-corrected chi connectivity index (χ2v) is 8.38. The Morgan fingerprint density at radius 3 is 2.27 bits per heavy atom. The van der Waals surface area contributed by atoms with E-state index in [1.54, 1.807) is 36.4 Å². The summed E-state index contributed by atoms with van der Waals surface area (Å²) in [6.45, 7) is 0. The van der Waals surface area contributed by atoms with E-state index in [0.29, 0.717) is 36.0 Å². The van der Waals surface area contributed by atoms with E-state index in [1.165, 1.54) is 11.9 Å². The van der Waals surface area contributed by atoms with Crippen molar-refractivity contribution in [1.29, 1.82) is 0 Å².